The molecule has 1 atom stereocenters. The van der Waals surface area contributed by atoms with Gasteiger partial charge in [0.05, 0.1) is 5.69 Å². The summed E-state index contributed by atoms with van der Waals surface area (Å²) < 4.78 is 0. The number of hydrogen-bond acceptors (Lipinski definition) is 3. The molecule has 2 rings (SSSR count). The van der Waals surface area contributed by atoms with E-state index in [4.69, 9.17) is 0 Å². The molecule has 2 heterocycles. The van der Waals surface area contributed by atoms with Crippen molar-refractivity contribution in [2.45, 2.75) is 5.37 Å². The maximum absolute atomic E-state index is 4.28. The maximum Gasteiger partial charge on any atom is 0.137 e. The lowest BCUT2D eigenvalue weighted by Gasteiger charge is -2.03. The van der Waals surface area contributed by atoms with Gasteiger partial charge in [0.2, 0.25) is 0 Å². The minimum Gasteiger partial charge on any atom is -0.276 e. The first-order valence-electron chi connectivity index (χ1n) is 3.51. The molecule has 0 aromatic carbocycles. The number of aliphatic imine (C=N–C) groups is 1. The van der Waals surface area contributed by atoms with E-state index >= 15 is 0 Å². The molecule has 11 heavy (non-hydrogen) atoms. The number of thioether (sulfide) groups is 1. The van der Waals surface area contributed by atoms with Crippen molar-refractivity contribution in [2.75, 3.05) is 5.75 Å². The van der Waals surface area contributed by atoms with E-state index in [1.165, 1.54) is 0 Å². The van der Waals surface area contributed by atoms with Gasteiger partial charge in [-0.3, -0.25) is 9.98 Å². The van der Waals surface area contributed by atoms with Crippen LogP contribution in [-0.2, 0) is 0 Å². The number of rotatable bonds is 1. The summed E-state index contributed by atoms with van der Waals surface area (Å²) in [4.78, 5) is 8.51. The topological polar surface area (TPSA) is 25.2 Å². The van der Waals surface area contributed by atoms with Crippen LogP contribution in [0.25, 0.3) is 0 Å². The smallest absolute Gasteiger partial charge is 0.137 e. The first-order valence-corrected chi connectivity index (χ1v) is 4.56. The van der Waals surface area contributed by atoms with E-state index in [1.54, 1.807) is 0 Å². The van der Waals surface area contributed by atoms with E-state index in [0.29, 0.717) is 0 Å². The van der Waals surface area contributed by atoms with Crippen LogP contribution in [0.4, 0.5) is 0 Å². The summed E-state index contributed by atoms with van der Waals surface area (Å²) in [5.41, 5.74) is 1.06. The van der Waals surface area contributed by atoms with Gasteiger partial charge < -0.3 is 0 Å². The zero-order valence-electron chi connectivity index (χ0n) is 5.97. The monoisotopic (exact) mass is 164 g/mol. The molecule has 3 heteroatoms. The van der Waals surface area contributed by atoms with Crippen molar-refractivity contribution in [2.24, 2.45) is 4.99 Å². The van der Waals surface area contributed by atoms with Crippen molar-refractivity contribution in [1.82, 2.24) is 4.98 Å². The molecule has 2 nitrogen and oxygen atoms in total. The Morgan fingerprint density at radius 2 is 2.45 bits per heavy atom. The van der Waals surface area contributed by atoms with Gasteiger partial charge in [-0.15, -0.1) is 11.8 Å². The average Bonchev–Trinajstić information content (AvgIpc) is 2.58. The molecule has 1 aromatic rings. The van der Waals surface area contributed by atoms with E-state index in [-0.39, 0.29) is 5.37 Å². The predicted molar refractivity (Wildman–Crippen MR) is 47.9 cm³/mol. The number of hydrogen-bond donors (Lipinski definition) is 0. The zero-order valence-corrected chi connectivity index (χ0v) is 6.79. The summed E-state index contributed by atoms with van der Waals surface area (Å²) in [5.74, 6) is 1.02. The van der Waals surface area contributed by atoms with Gasteiger partial charge in [-0.2, -0.15) is 0 Å². The number of aromatic nitrogens is 1. The van der Waals surface area contributed by atoms with Crippen molar-refractivity contribution in [3.8, 4) is 0 Å². The van der Waals surface area contributed by atoms with E-state index in [2.05, 4.69) is 9.98 Å². The molecule has 1 aliphatic rings. The second-order valence-electron chi connectivity index (χ2n) is 2.27. The Bertz CT molecular complexity index is 258. The van der Waals surface area contributed by atoms with Gasteiger partial charge in [0.1, 0.15) is 5.37 Å². The molecule has 1 aromatic heterocycles. The summed E-state index contributed by atoms with van der Waals surface area (Å²) in [5, 5.41) is 0.246. The van der Waals surface area contributed by atoms with Crippen molar-refractivity contribution in [3.63, 3.8) is 0 Å². The van der Waals surface area contributed by atoms with Gasteiger partial charge >= 0.3 is 0 Å². The minimum atomic E-state index is 0.246. The third-order valence-corrected chi connectivity index (χ3v) is 2.53. The Morgan fingerprint density at radius 3 is 3.09 bits per heavy atom. The fourth-order valence-corrected chi connectivity index (χ4v) is 1.84. The number of pyridine rings is 1. The predicted octanol–water partition coefficient (Wildman–Crippen LogP) is 1.90. The van der Waals surface area contributed by atoms with Crippen LogP contribution in [0.15, 0.2) is 29.4 Å². The molecule has 0 spiro atoms. The van der Waals surface area contributed by atoms with Crippen LogP contribution in [0.1, 0.15) is 11.1 Å². The lowest BCUT2D eigenvalue weighted by Crippen LogP contribution is -1.89. The third-order valence-electron chi connectivity index (χ3n) is 1.51. The molecule has 0 saturated heterocycles. The minimum absolute atomic E-state index is 0.246. The van der Waals surface area contributed by atoms with E-state index in [0.717, 1.165) is 11.4 Å². The fourth-order valence-electron chi connectivity index (χ4n) is 1.000. The second kappa shape index (κ2) is 3.05. The number of nitrogens with zero attached hydrogens (tertiary/aromatic N) is 2. The SMILES string of the molecule is C1=NC(c2ccccn2)SC1. The maximum atomic E-state index is 4.28. The molecule has 0 fully saturated rings. The van der Waals surface area contributed by atoms with Gasteiger partial charge in [-0.1, -0.05) is 6.07 Å². The summed E-state index contributed by atoms with van der Waals surface area (Å²) in [6, 6.07) is 5.93. The van der Waals surface area contributed by atoms with E-state index in [1.807, 2.05) is 42.4 Å². The fraction of sp³-hybridized carbons (Fsp3) is 0.250. The van der Waals surface area contributed by atoms with Crippen LogP contribution in [0, 0.1) is 0 Å². The second-order valence-corrected chi connectivity index (χ2v) is 3.39. The van der Waals surface area contributed by atoms with Crippen molar-refractivity contribution >= 4 is 18.0 Å². The van der Waals surface area contributed by atoms with Crippen LogP contribution in [0.2, 0.25) is 0 Å². The molecule has 1 aliphatic heterocycles. The standard InChI is InChI=1S/C8H8N2S/c1-2-4-9-7(3-1)8-10-5-6-11-8/h1-5,8H,6H2. The van der Waals surface area contributed by atoms with E-state index in [9.17, 15) is 0 Å². The van der Waals surface area contributed by atoms with Gasteiger partial charge in [0.15, 0.2) is 0 Å². The van der Waals surface area contributed by atoms with Crippen LogP contribution in [0.5, 0.6) is 0 Å². The molecule has 0 bridgehead atoms. The molecule has 0 N–H and O–H groups in total. The highest BCUT2D eigenvalue weighted by Crippen LogP contribution is 2.31. The summed E-state index contributed by atoms with van der Waals surface area (Å²) in [6.45, 7) is 0. The molecule has 1 unspecified atom stereocenters. The molecule has 0 aliphatic carbocycles. The highest BCUT2D eigenvalue weighted by atomic mass is 32.2. The zero-order chi connectivity index (χ0) is 7.52. The Hall–Kier alpha value is -0.830. The summed E-state index contributed by atoms with van der Waals surface area (Å²) in [6.07, 6.45) is 3.76. The molecular weight excluding hydrogens is 156 g/mol. The van der Waals surface area contributed by atoms with Gasteiger partial charge in [0.25, 0.3) is 0 Å². The average molecular weight is 164 g/mol. The first-order chi connectivity index (χ1) is 5.47. The lowest BCUT2D eigenvalue weighted by molar-refractivity contribution is 0.979. The largest absolute Gasteiger partial charge is 0.276 e. The lowest BCUT2D eigenvalue weighted by atomic mass is 10.3. The van der Waals surface area contributed by atoms with Crippen molar-refractivity contribution in [3.05, 3.63) is 30.1 Å². The van der Waals surface area contributed by atoms with Crippen LogP contribution >= 0.6 is 11.8 Å². The van der Waals surface area contributed by atoms with Gasteiger partial charge in [-0.25, -0.2) is 0 Å². The Morgan fingerprint density at radius 1 is 1.45 bits per heavy atom. The summed E-state index contributed by atoms with van der Waals surface area (Å²) >= 11 is 1.81. The normalized spacial score (nSPS) is 22.4. The Labute approximate surface area is 69.8 Å². The molecule has 0 radical (unpaired) electrons. The highest BCUT2D eigenvalue weighted by Gasteiger charge is 2.13. The quantitative estimate of drug-likeness (QED) is 0.633. The molecule has 0 saturated carbocycles. The van der Waals surface area contributed by atoms with Gasteiger partial charge in [0, 0.05) is 18.2 Å². The van der Waals surface area contributed by atoms with Crippen LogP contribution in [0.3, 0.4) is 0 Å². The van der Waals surface area contributed by atoms with Gasteiger partial charge in [-0.05, 0) is 12.1 Å². The third kappa shape index (κ3) is 1.43. The summed E-state index contributed by atoms with van der Waals surface area (Å²) in [7, 11) is 0. The van der Waals surface area contributed by atoms with Crippen molar-refractivity contribution in [1.29, 1.82) is 0 Å². The molecule has 56 valence electrons. The Balaban J connectivity index is 2.23. The van der Waals surface area contributed by atoms with Crippen molar-refractivity contribution < 1.29 is 0 Å². The van der Waals surface area contributed by atoms with E-state index < -0.39 is 0 Å². The first kappa shape index (κ1) is 6.85. The van der Waals surface area contributed by atoms with Crippen LogP contribution in [-0.4, -0.2) is 17.0 Å². The highest BCUT2D eigenvalue weighted by molar-refractivity contribution is 8.00. The Kier molecular flexibility index (Phi) is 1.90. The van der Waals surface area contributed by atoms with Crippen LogP contribution < -0.4 is 0 Å². The molecule has 0 amide bonds. The molecular formula is C8H8N2S.